The Morgan fingerprint density at radius 2 is 1.14 bits per heavy atom. The summed E-state index contributed by atoms with van der Waals surface area (Å²) in [6.07, 6.45) is 0. The van der Waals surface area contributed by atoms with Crippen molar-refractivity contribution in [2.24, 2.45) is 4.99 Å². The van der Waals surface area contributed by atoms with E-state index >= 15 is 0 Å². The Bertz CT molecular complexity index is 3020. The van der Waals surface area contributed by atoms with E-state index in [0.717, 1.165) is 55.5 Å². The summed E-state index contributed by atoms with van der Waals surface area (Å²) in [5.74, 6) is 1.84. The number of furan rings is 1. The first-order valence-corrected chi connectivity index (χ1v) is 19.9. The predicted molar refractivity (Wildman–Crippen MR) is 236 cm³/mol. The Hall–Kier alpha value is -7.02. The number of fused-ring (bicyclic) bond motifs is 4. The van der Waals surface area contributed by atoms with Gasteiger partial charge < -0.3 is 4.42 Å². The van der Waals surface area contributed by atoms with Crippen LogP contribution < -0.4 is 0 Å². The van der Waals surface area contributed by atoms with Gasteiger partial charge in [-0.1, -0.05) is 152 Å². The topological polar surface area (TPSA) is 64.2 Å². The maximum absolute atomic E-state index is 6.52. The van der Waals surface area contributed by atoms with Crippen LogP contribution in [0.2, 0.25) is 0 Å². The molecule has 0 aliphatic rings. The second-order valence-corrected chi connectivity index (χ2v) is 15.2. The van der Waals surface area contributed by atoms with Gasteiger partial charge in [-0.2, -0.15) is 0 Å². The van der Waals surface area contributed by atoms with Crippen LogP contribution in [0, 0.1) is 6.92 Å². The van der Waals surface area contributed by atoms with Crippen molar-refractivity contribution in [2.75, 3.05) is 0 Å². The summed E-state index contributed by atoms with van der Waals surface area (Å²) in [5.41, 5.74) is 11.2. The van der Waals surface area contributed by atoms with E-state index in [2.05, 4.69) is 117 Å². The molecule has 3 aromatic heterocycles. The largest absolute Gasteiger partial charge is 0.456 e. The van der Waals surface area contributed by atoms with Crippen molar-refractivity contribution >= 4 is 49.1 Å². The van der Waals surface area contributed by atoms with Gasteiger partial charge in [-0.25, -0.2) is 15.0 Å². The van der Waals surface area contributed by atoms with Gasteiger partial charge in [-0.05, 0) is 60.4 Å². The zero-order valence-corrected chi connectivity index (χ0v) is 32.2. The smallest absolute Gasteiger partial charge is 0.164 e. The molecule has 0 spiro atoms. The number of aliphatic imine (C=N–C) groups is 1. The van der Waals surface area contributed by atoms with Crippen LogP contribution >= 0.6 is 11.3 Å². The molecule has 3 heterocycles. The second-order valence-electron chi connectivity index (χ2n) is 14.2. The Labute approximate surface area is 334 Å². The molecule has 0 N–H and O–H groups in total. The normalized spacial score (nSPS) is 12.4. The van der Waals surface area contributed by atoms with E-state index in [1.54, 1.807) is 0 Å². The lowest BCUT2D eigenvalue weighted by atomic mass is 9.95. The summed E-state index contributed by atoms with van der Waals surface area (Å²) >= 11 is 1.81. The molecule has 272 valence electrons. The summed E-state index contributed by atoms with van der Waals surface area (Å²) in [7, 11) is 0. The molecular weight excluding hydrogens is 717 g/mol. The first-order chi connectivity index (χ1) is 28.1. The van der Waals surface area contributed by atoms with Gasteiger partial charge in [0.05, 0.1) is 16.6 Å². The summed E-state index contributed by atoms with van der Waals surface area (Å²) in [4.78, 5) is 21.7. The molecule has 0 aliphatic carbocycles. The zero-order valence-electron chi connectivity index (χ0n) is 31.4. The fourth-order valence-electron chi connectivity index (χ4n) is 7.74. The molecule has 7 aromatic carbocycles. The third kappa shape index (κ3) is 6.40. The van der Waals surface area contributed by atoms with E-state index < -0.39 is 0 Å². The van der Waals surface area contributed by atoms with Crippen molar-refractivity contribution in [2.45, 2.75) is 19.9 Å². The fraction of sp³-hybridized carbons (Fsp3) is 0.0588. The van der Waals surface area contributed by atoms with Crippen LogP contribution in [-0.4, -0.2) is 20.7 Å². The lowest BCUT2D eigenvalue weighted by molar-refractivity contribution is 0.669. The summed E-state index contributed by atoms with van der Waals surface area (Å²) < 4.78 is 7.74. The first kappa shape index (κ1) is 34.5. The van der Waals surface area contributed by atoms with E-state index in [0.29, 0.717) is 17.5 Å². The van der Waals surface area contributed by atoms with Crippen molar-refractivity contribution < 1.29 is 4.42 Å². The number of thiophene rings is 1. The highest BCUT2D eigenvalue weighted by atomic mass is 32.1. The molecule has 10 rings (SSSR count). The van der Waals surface area contributed by atoms with Crippen LogP contribution in [-0.2, 0) is 0 Å². The van der Waals surface area contributed by atoms with Gasteiger partial charge in [-0.15, -0.1) is 11.3 Å². The lowest BCUT2D eigenvalue weighted by Crippen LogP contribution is -2.05. The molecular formula is C51H36N4OS. The van der Waals surface area contributed by atoms with Crippen LogP contribution in [0.25, 0.3) is 77.3 Å². The molecule has 0 radical (unpaired) electrons. The highest BCUT2D eigenvalue weighted by Gasteiger charge is 2.22. The molecule has 1 unspecified atom stereocenters. The van der Waals surface area contributed by atoms with Gasteiger partial charge in [-0.3, -0.25) is 4.99 Å². The molecule has 1 atom stereocenters. The van der Waals surface area contributed by atoms with Gasteiger partial charge in [0.15, 0.2) is 17.5 Å². The Morgan fingerprint density at radius 3 is 1.82 bits per heavy atom. The van der Waals surface area contributed by atoms with E-state index in [4.69, 9.17) is 24.4 Å². The second kappa shape index (κ2) is 14.6. The summed E-state index contributed by atoms with van der Waals surface area (Å²) in [6, 6.07) is 60.5. The monoisotopic (exact) mass is 752 g/mol. The standard InChI is InChI=1S/C51H36N4OS/c1-32-45-39(25-16-28-44(45)57-48(32)47(35-19-9-4-10-20-35)52-33(2)34-17-7-3-8-18-34)38-29-30-42-41(31-38)46-40(26-15-27-43(46)56-42)51-54-49(36-21-11-5-12-22-36)53-50(55-51)37-23-13-6-14-24-37/h3-31,33H,1-2H3. The van der Waals surface area contributed by atoms with Crippen LogP contribution in [0.5, 0.6) is 0 Å². The van der Waals surface area contributed by atoms with Crippen molar-refractivity contribution in [1.29, 1.82) is 0 Å². The number of hydrogen-bond donors (Lipinski definition) is 0. The third-order valence-corrected chi connectivity index (χ3v) is 11.8. The maximum Gasteiger partial charge on any atom is 0.164 e. The van der Waals surface area contributed by atoms with Gasteiger partial charge in [0.2, 0.25) is 0 Å². The van der Waals surface area contributed by atoms with Gasteiger partial charge in [0.25, 0.3) is 0 Å². The SMILES string of the molecule is Cc1c(C(=NC(C)c2ccccc2)c2ccccc2)sc2cccc(-c3ccc4oc5cccc(-c6nc(-c7ccccc7)nc(-c7ccccc7)n6)c5c4c3)c12. The minimum absolute atomic E-state index is 0.00613. The Morgan fingerprint density at radius 1 is 0.544 bits per heavy atom. The van der Waals surface area contributed by atoms with Gasteiger partial charge in [0, 0.05) is 43.1 Å². The summed E-state index contributed by atoms with van der Waals surface area (Å²) in [5, 5.41) is 3.22. The van der Waals surface area contributed by atoms with Crippen LogP contribution in [0.1, 0.15) is 34.5 Å². The number of rotatable bonds is 8. The van der Waals surface area contributed by atoms with E-state index in [1.165, 1.54) is 31.7 Å². The lowest BCUT2D eigenvalue weighted by Gasteiger charge is -2.12. The molecule has 0 bridgehead atoms. The third-order valence-electron chi connectivity index (χ3n) is 10.6. The van der Waals surface area contributed by atoms with Gasteiger partial charge in [0.1, 0.15) is 11.2 Å². The highest BCUT2D eigenvalue weighted by Crippen LogP contribution is 2.43. The van der Waals surface area contributed by atoms with E-state index in [-0.39, 0.29) is 6.04 Å². The van der Waals surface area contributed by atoms with Crippen molar-refractivity contribution in [1.82, 2.24) is 15.0 Å². The minimum atomic E-state index is -0.00613. The molecule has 10 aromatic rings. The van der Waals surface area contributed by atoms with Crippen LogP contribution in [0.3, 0.4) is 0 Å². The first-order valence-electron chi connectivity index (χ1n) is 19.1. The summed E-state index contributed by atoms with van der Waals surface area (Å²) in [6.45, 7) is 4.41. The average Bonchev–Trinajstić information content (AvgIpc) is 3.83. The van der Waals surface area contributed by atoms with Crippen molar-refractivity contribution in [3.63, 3.8) is 0 Å². The highest BCUT2D eigenvalue weighted by molar-refractivity contribution is 7.21. The number of benzene rings is 7. The molecule has 0 amide bonds. The Kier molecular flexibility index (Phi) is 8.81. The van der Waals surface area contributed by atoms with E-state index in [1.807, 2.05) is 84.1 Å². The predicted octanol–water partition coefficient (Wildman–Crippen LogP) is 13.6. The van der Waals surface area contributed by atoms with Crippen LogP contribution in [0.4, 0.5) is 0 Å². The number of aryl methyl sites for hydroxylation is 1. The zero-order chi connectivity index (χ0) is 38.3. The van der Waals surface area contributed by atoms with E-state index in [9.17, 15) is 0 Å². The van der Waals surface area contributed by atoms with Gasteiger partial charge >= 0.3 is 0 Å². The molecule has 57 heavy (non-hydrogen) atoms. The number of hydrogen-bond acceptors (Lipinski definition) is 6. The quantitative estimate of drug-likeness (QED) is 0.145. The fourth-order valence-corrected chi connectivity index (χ4v) is 8.99. The molecule has 0 saturated carbocycles. The van der Waals surface area contributed by atoms with Crippen LogP contribution in [0.15, 0.2) is 185 Å². The van der Waals surface area contributed by atoms with Crippen molar-refractivity contribution in [3.8, 4) is 45.3 Å². The molecule has 0 saturated heterocycles. The molecule has 5 nitrogen and oxygen atoms in total. The van der Waals surface area contributed by atoms with Crippen molar-refractivity contribution in [3.05, 3.63) is 197 Å². The molecule has 6 heteroatoms. The average molecular weight is 753 g/mol. The number of nitrogens with zero attached hydrogens (tertiary/aromatic N) is 4. The number of aromatic nitrogens is 3. The molecule has 0 fully saturated rings. The minimum Gasteiger partial charge on any atom is -0.456 e. The Balaban J connectivity index is 1.14. The maximum atomic E-state index is 6.52. The molecule has 0 aliphatic heterocycles.